The molecule has 2 aliphatic carbocycles. The third-order valence-electron chi connectivity index (χ3n) is 4.19. The maximum Gasteiger partial charge on any atom is 0.211 e. The van der Waals surface area contributed by atoms with Gasteiger partial charge in [0.05, 0.1) is 5.60 Å². The first kappa shape index (κ1) is 7.92. The lowest BCUT2D eigenvalue weighted by Crippen LogP contribution is -2.65. The molecule has 2 heterocycles. The lowest BCUT2D eigenvalue weighted by Gasteiger charge is -2.52. The number of hydrogen-bond acceptors (Lipinski definition) is 2. The second-order valence-corrected chi connectivity index (χ2v) is 5.59. The number of nitroso groups, excluding NO2 is 1. The van der Waals surface area contributed by atoms with E-state index in [1.54, 1.807) is 0 Å². The Morgan fingerprint density at radius 1 is 1.38 bits per heavy atom. The Bertz CT molecular complexity index is 291. The van der Waals surface area contributed by atoms with Crippen molar-refractivity contribution in [1.82, 2.24) is 0 Å². The van der Waals surface area contributed by atoms with Gasteiger partial charge in [0.25, 0.3) is 0 Å². The smallest absolute Gasteiger partial charge is 0.211 e. The van der Waals surface area contributed by atoms with E-state index in [9.17, 15) is 10.0 Å². The minimum atomic E-state index is -0.499. The largest absolute Gasteiger partial charge is 0.389 e. The molecule has 4 fully saturated rings. The van der Waals surface area contributed by atoms with E-state index in [0.717, 1.165) is 19.3 Å². The molecule has 0 amide bonds. The highest BCUT2D eigenvalue weighted by molar-refractivity contribution is 5.05. The number of hydrogen-bond donors (Lipinski definition) is 1. The van der Waals surface area contributed by atoms with Crippen LogP contribution in [0.1, 0.15) is 39.0 Å². The summed E-state index contributed by atoms with van der Waals surface area (Å²) in [5.41, 5.74) is -0.750. The summed E-state index contributed by atoms with van der Waals surface area (Å²) in [6.45, 7) is 2.02. The minimum Gasteiger partial charge on any atom is -0.389 e. The van der Waals surface area contributed by atoms with E-state index < -0.39 is 5.60 Å². The van der Waals surface area contributed by atoms with Gasteiger partial charge in [-0.3, -0.25) is 0 Å². The van der Waals surface area contributed by atoms with Crippen LogP contribution in [0.4, 0.5) is 0 Å². The maximum atomic E-state index is 11.8. The fourth-order valence-corrected chi connectivity index (χ4v) is 4.10. The molecule has 3 heteroatoms. The molecule has 0 spiro atoms. The molecule has 3 nitrogen and oxygen atoms in total. The molecule has 0 radical (unpaired) electrons. The molecule has 4 aliphatic rings. The van der Waals surface area contributed by atoms with Gasteiger partial charge in [0.15, 0.2) is 0 Å². The molecule has 0 aromatic carbocycles. The van der Waals surface area contributed by atoms with Crippen molar-refractivity contribution in [1.29, 1.82) is 0 Å². The molecule has 2 saturated carbocycles. The Balaban J connectivity index is 2.06. The topological polar surface area (TPSA) is 40.3 Å². The Morgan fingerprint density at radius 3 is 2.77 bits per heavy atom. The monoisotopic (exact) mass is 182 g/mol. The standard InChI is InChI=1S/C10H16NO2/c1-9-3-7-2-8(11(9)13)5-10(12,4-7)6-9/h7-8,12H,2-6H2,1H3/q+1. The summed E-state index contributed by atoms with van der Waals surface area (Å²) in [6, 6.07) is 0.108. The van der Waals surface area contributed by atoms with Crippen molar-refractivity contribution in [2.24, 2.45) is 5.92 Å². The SMILES string of the molecule is CC12CC3CC(CC(O)(C3)C1)[N+]2=O. The van der Waals surface area contributed by atoms with Crippen LogP contribution < -0.4 is 0 Å². The Labute approximate surface area is 77.7 Å². The first-order valence-corrected chi connectivity index (χ1v) is 5.20. The van der Waals surface area contributed by atoms with E-state index in [1.807, 2.05) is 6.92 Å². The molecule has 0 aromatic heterocycles. The minimum absolute atomic E-state index is 0.108. The highest BCUT2D eigenvalue weighted by Gasteiger charge is 2.65. The van der Waals surface area contributed by atoms with Gasteiger partial charge in [0.2, 0.25) is 11.6 Å². The summed E-state index contributed by atoms with van der Waals surface area (Å²) >= 11 is 0. The summed E-state index contributed by atoms with van der Waals surface area (Å²) in [5, 5.41) is 10.2. The van der Waals surface area contributed by atoms with E-state index >= 15 is 0 Å². The third kappa shape index (κ3) is 0.885. The maximum absolute atomic E-state index is 11.8. The molecule has 4 bridgehead atoms. The van der Waals surface area contributed by atoms with Crippen molar-refractivity contribution in [3.8, 4) is 0 Å². The highest BCUT2D eigenvalue weighted by Crippen LogP contribution is 2.54. The van der Waals surface area contributed by atoms with E-state index in [1.165, 1.54) is 4.76 Å². The molecular formula is C10H16NO2+. The normalized spacial score (nSPS) is 58.8. The molecule has 1 N–H and O–H groups in total. The number of rotatable bonds is 0. The van der Waals surface area contributed by atoms with E-state index in [4.69, 9.17) is 0 Å². The Morgan fingerprint density at radius 2 is 2.15 bits per heavy atom. The Hall–Kier alpha value is -0.440. The molecule has 4 rings (SSSR count). The van der Waals surface area contributed by atoms with Gasteiger partial charge in [-0.1, -0.05) is 0 Å². The summed E-state index contributed by atoms with van der Waals surface area (Å²) < 4.78 is 1.27. The van der Waals surface area contributed by atoms with Crippen molar-refractivity contribution in [3.05, 3.63) is 4.91 Å². The fourth-order valence-electron chi connectivity index (χ4n) is 4.10. The summed E-state index contributed by atoms with van der Waals surface area (Å²) in [4.78, 5) is 11.8. The average molecular weight is 182 g/mol. The van der Waals surface area contributed by atoms with Crippen molar-refractivity contribution in [3.63, 3.8) is 0 Å². The number of nitrogens with zero attached hydrogens (tertiary/aromatic N) is 1. The van der Waals surface area contributed by atoms with Crippen molar-refractivity contribution < 1.29 is 9.87 Å². The average Bonchev–Trinajstić information content (AvgIpc) is 1.96. The van der Waals surface area contributed by atoms with Gasteiger partial charge in [-0.2, -0.15) is 0 Å². The summed E-state index contributed by atoms with van der Waals surface area (Å²) in [7, 11) is 0. The van der Waals surface area contributed by atoms with Crippen LogP contribution in [0, 0.1) is 10.8 Å². The molecule has 13 heavy (non-hydrogen) atoms. The molecule has 2 saturated heterocycles. The van der Waals surface area contributed by atoms with Crippen LogP contribution in [0.2, 0.25) is 0 Å². The predicted molar refractivity (Wildman–Crippen MR) is 47.3 cm³/mol. The third-order valence-corrected chi connectivity index (χ3v) is 4.19. The lowest BCUT2D eigenvalue weighted by atomic mass is 9.57. The van der Waals surface area contributed by atoms with E-state index in [0.29, 0.717) is 18.8 Å². The van der Waals surface area contributed by atoms with Crippen LogP contribution in [0.25, 0.3) is 0 Å². The van der Waals surface area contributed by atoms with Crippen LogP contribution in [-0.2, 0) is 0 Å². The second kappa shape index (κ2) is 1.97. The van der Waals surface area contributed by atoms with Gasteiger partial charge in [-0.05, 0) is 12.3 Å². The molecular weight excluding hydrogens is 166 g/mol. The van der Waals surface area contributed by atoms with Crippen LogP contribution in [0.5, 0.6) is 0 Å². The van der Waals surface area contributed by atoms with Gasteiger partial charge in [0, 0.05) is 42.3 Å². The van der Waals surface area contributed by atoms with Crippen LogP contribution in [0.15, 0.2) is 0 Å². The first-order valence-electron chi connectivity index (χ1n) is 5.20. The number of piperidine rings is 2. The van der Waals surface area contributed by atoms with Crippen LogP contribution >= 0.6 is 0 Å². The van der Waals surface area contributed by atoms with Crippen LogP contribution in [0.3, 0.4) is 0 Å². The van der Waals surface area contributed by atoms with Crippen molar-refractivity contribution >= 4 is 0 Å². The van der Waals surface area contributed by atoms with Crippen LogP contribution in [-0.4, -0.2) is 27.0 Å². The summed E-state index contributed by atoms with van der Waals surface area (Å²) in [5.74, 6) is 0.604. The first-order chi connectivity index (χ1) is 6.01. The van der Waals surface area contributed by atoms with Crippen molar-refractivity contribution in [2.45, 2.75) is 56.2 Å². The number of aliphatic hydroxyl groups is 1. The van der Waals surface area contributed by atoms with Crippen molar-refractivity contribution in [2.75, 3.05) is 0 Å². The quantitative estimate of drug-likeness (QED) is 0.572. The van der Waals surface area contributed by atoms with Gasteiger partial charge >= 0.3 is 0 Å². The van der Waals surface area contributed by atoms with Gasteiger partial charge in [-0.15, -0.1) is 0 Å². The Kier molecular flexibility index (Phi) is 1.20. The highest BCUT2D eigenvalue weighted by atomic mass is 16.3. The fraction of sp³-hybridized carbons (Fsp3) is 1.00. The van der Waals surface area contributed by atoms with Gasteiger partial charge < -0.3 is 5.11 Å². The van der Waals surface area contributed by atoms with E-state index in [2.05, 4.69) is 0 Å². The zero-order valence-electron chi connectivity index (χ0n) is 7.99. The summed E-state index contributed by atoms with van der Waals surface area (Å²) in [6.07, 6.45) is 4.35. The second-order valence-electron chi connectivity index (χ2n) is 5.59. The molecule has 72 valence electrons. The molecule has 4 atom stereocenters. The van der Waals surface area contributed by atoms with Gasteiger partial charge in [-0.25, -0.2) is 0 Å². The molecule has 2 aliphatic heterocycles. The molecule has 4 unspecified atom stereocenters. The zero-order chi connectivity index (χ0) is 9.27. The predicted octanol–water partition coefficient (Wildman–Crippen LogP) is 1.23. The zero-order valence-corrected chi connectivity index (χ0v) is 7.99. The van der Waals surface area contributed by atoms with Gasteiger partial charge in [0.1, 0.15) is 0 Å². The lowest BCUT2D eigenvalue weighted by molar-refractivity contribution is -0.694. The van der Waals surface area contributed by atoms with E-state index in [-0.39, 0.29) is 11.6 Å². The molecule has 0 aromatic rings.